The van der Waals surface area contributed by atoms with Crippen LogP contribution in [0.5, 0.6) is 11.5 Å². The van der Waals surface area contributed by atoms with E-state index >= 15 is 0 Å². The van der Waals surface area contributed by atoms with E-state index in [9.17, 15) is 14.7 Å². The standard InChI is InChI=1S/C24H27NO6/c1-5-31-17-8-6-16(7-9-17)21-20(23(27)24(28)25(21)12-13-29-3)22(26)19-11-10-18(30-4)14-15(19)2/h6-11,14,21,26H,5,12-13H2,1-4H3/b22-20-. The number of rotatable bonds is 8. The molecule has 164 valence electrons. The lowest BCUT2D eigenvalue weighted by molar-refractivity contribution is -0.140. The first-order chi connectivity index (χ1) is 14.9. The Labute approximate surface area is 181 Å². The molecule has 7 nitrogen and oxygen atoms in total. The van der Waals surface area contributed by atoms with Gasteiger partial charge < -0.3 is 24.2 Å². The summed E-state index contributed by atoms with van der Waals surface area (Å²) >= 11 is 0. The molecular weight excluding hydrogens is 398 g/mol. The predicted octanol–water partition coefficient (Wildman–Crippen LogP) is 3.47. The smallest absolute Gasteiger partial charge is 0.295 e. The fraction of sp³-hybridized carbons (Fsp3) is 0.333. The number of carbonyl (C=O) groups excluding carboxylic acids is 2. The van der Waals surface area contributed by atoms with Crippen LogP contribution in [0.4, 0.5) is 0 Å². The van der Waals surface area contributed by atoms with E-state index in [4.69, 9.17) is 14.2 Å². The Hall–Kier alpha value is -3.32. The van der Waals surface area contributed by atoms with Gasteiger partial charge >= 0.3 is 0 Å². The molecule has 1 amide bonds. The molecule has 1 aliphatic rings. The maximum absolute atomic E-state index is 13.0. The number of hydrogen-bond acceptors (Lipinski definition) is 6. The van der Waals surface area contributed by atoms with Crippen LogP contribution in [0.3, 0.4) is 0 Å². The second-order valence-corrected chi connectivity index (χ2v) is 7.17. The Morgan fingerprint density at radius 3 is 2.32 bits per heavy atom. The number of ether oxygens (including phenoxy) is 3. The molecule has 0 saturated carbocycles. The number of aliphatic hydroxyl groups excluding tert-OH is 1. The van der Waals surface area contributed by atoms with Crippen molar-refractivity contribution >= 4 is 17.4 Å². The van der Waals surface area contributed by atoms with Crippen molar-refractivity contribution in [2.75, 3.05) is 34.0 Å². The molecule has 1 aliphatic heterocycles. The van der Waals surface area contributed by atoms with Gasteiger partial charge in [0, 0.05) is 19.2 Å². The highest BCUT2D eigenvalue weighted by Crippen LogP contribution is 2.40. The number of amides is 1. The number of aliphatic hydroxyl groups is 1. The van der Waals surface area contributed by atoms with Crippen molar-refractivity contribution in [2.45, 2.75) is 19.9 Å². The number of nitrogens with zero attached hydrogens (tertiary/aromatic N) is 1. The van der Waals surface area contributed by atoms with Gasteiger partial charge in [-0.1, -0.05) is 12.1 Å². The van der Waals surface area contributed by atoms with Gasteiger partial charge in [-0.05, 0) is 55.3 Å². The number of hydrogen-bond donors (Lipinski definition) is 1. The summed E-state index contributed by atoms with van der Waals surface area (Å²) in [6.45, 7) is 4.72. The lowest BCUT2D eigenvalue weighted by Gasteiger charge is -2.25. The van der Waals surface area contributed by atoms with Crippen LogP contribution < -0.4 is 9.47 Å². The molecule has 7 heteroatoms. The van der Waals surface area contributed by atoms with Crippen molar-refractivity contribution in [1.29, 1.82) is 0 Å². The summed E-state index contributed by atoms with van der Waals surface area (Å²) in [4.78, 5) is 27.2. The molecular formula is C24H27NO6. The van der Waals surface area contributed by atoms with Gasteiger partial charge in [-0.15, -0.1) is 0 Å². The topological polar surface area (TPSA) is 85.3 Å². The number of methoxy groups -OCH3 is 2. The van der Waals surface area contributed by atoms with Crippen LogP contribution in [0.25, 0.3) is 5.76 Å². The van der Waals surface area contributed by atoms with Crippen LogP contribution in [-0.2, 0) is 14.3 Å². The highest BCUT2D eigenvalue weighted by Gasteiger charge is 2.46. The molecule has 1 saturated heterocycles. The third kappa shape index (κ3) is 4.41. The Bertz CT molecular complexity index is 996. The van der Waals surface area contributed by atoms with Gasteiger partial charge in [0.05, 0.1) is 31.9 Å². The number of aryl methyl sites for hydroxylation is 1. The molecule has 1 N–H and O–H groups in total. The normalized spacial score (nSPS) is 17.8. The predicted molar refractivity (Wildman–Crippen MR) is 116 cm³/mol. The van der Waals surface area contributed by atoms with Crippen LogP contribution in [-0.4, -0.2) is 55.7 Å². The fourth-order valence-electron chi connectivity index (χ4n) is 3.73. The highest BCUT2D eigenvalue weighted by molar-refractivity contribution is 6.46. The third-order valence-electron chi connectivity index (χ3n) is 5.27. The van der Waals surface area contributed by atoms with Gasteiger partial charge in [-0.3, -0.25) is 9.59 Å². The SMILES string of the molecule is CCOc1ccc(C2/C(=C(/O)c3ccc(OC)cc3C)C(=O)C(=O)N2CCOC)cc1. The number of Topliss-reactive ketones (excluding diaryl/α,β-unsaturated/α-hetero) is 1. The summed E-state index contributed by atoms with van der Waals surface area (Å²) in [7, 11) is 3.09. The molecule has 2 aromatic carbocycles. The van der Waals surface area contributed by atoms with E-state index in [0.717, 1.165) is 5.56 Å². The molecule has 31 heavy (non-hydrogen) atoms. The minimum atomic E-state index is -0.729. The fourth-order valence-corrected chi connectivity index (χ4v) is 3.73. The molecule has 0 aromatic heterocycles. The summed E-state index contributed by atoms with van der Waals surface area (Å²) in [5.74, 6) is -0.271. The van der Waals surface area contributed by atoms with Gasteiger partial charge in [0.15, 0.2) is 0 Å². The van der Waals surface area contributed by atoms with E-state index < -0.39 is 17.7 Å². The van der Waals surface area contributed by atoms with Gasteiger partial charge in [-0.25, -0.2) is 0 Å². The molecule has 0 bridgehead atoms. The summed E-state index contributed by atoms with van der Waals surface area (Å²) in [6, 6.07) is 11.6. The van der Waals surface area contributed by atoms with E-state index in [2.05, 4.69) is 0 Å². The van der Waals surface area contributed by atoms with E-state index in [0.29, 0.717) is 29.2 Å². The Morgan fingerprint density at radius 1 is 1.06 bits per heavy atom. The van der Waals surface area contributed by atoms with Gasteiger partial charge in [-0.2, -0.15) is 0 Å². The monoisotopic (exact) mass is 425 g/mol. The number of carbonyl (C=O) groups is 2. The zero-order chi connectivity index (χ0) is 22.5. The summed E-state index contributed by atoms with van der Waals surface area (Å²) in [6.07, 6.45) is 0. The van der Waals surface area contributed by atoms with Crippen molar-refractivity contribution in [1.82, 2.24) is 4.90 Å². The van der Waals surface area contributed by atoms with Crippen LogP contribution in [0, 0.1) is 6.92 Å². The molecule has 1 atom stereocenters. The second kappa shape index (κ2) is 9.66. The van der Waals surface area contributed by atoms with Crippen molar-refractivity contribution in [3.63, 3.8) is 0 Å². The quantitative estimate of drug-likeness (QED) is 0.396. The largest absolute Gasteiger partial charge is 0.507 e. The summed E-state index contributed by atoms with van der Waals surface area (Å²) < 4.78 is 15.9. The highest BCUT2D eigenvalue weighted by atomic mass is 16.5. The second-order valence-electron chi connectivity index (χ2n) is 7.17. The molecule has 1 heterocycles. The van der Waals surface area contributed by atoms with E-state index in [1.165, 1.54) is 12.0 Å². The van der Waals surface area contributed by atoms with Crippen molar-refractivity contribution < 1.29 is 28.9 Å². The zero-order valence-corrected chi connectivity index (χ0v) is 18.2. The van der Waals surface area contributed by atoms with Crippen LogP contribution in [0.2, 0.25) is 0 Å². The Balaban J connectivity index is 2.13. The van der Waals surface area contributed by atoms with Crippen molar-refractivity contribution in [2.24, 2.45) is 0 Å². The summed E-state index contributed by atoms with van der Waals surface area (Å²) in [5, 5.41) is 11.1. The van der Waals surface area contributed by atoms with E-state index in [1.54, 1.807) is 49.6 Å². The first-order valence-electron chi connectivity index (χ1n) is 10.1. The first kappa shape index (κ1) is 22.4. The molecule has 3 rings (SSSR count). The number of ketones is 1. The third-order valence-corrected chi connectivity index (χ3v) is 5.27. The average Bonchev–Trinajstić information content (AvgIpc) is 3.02. The summed E-state index contributed by atoms with van der Waals surface area (Å²) in [5.41, 5.74) is 1.96. The molecule has 0 spiro atoms. The van der Waals surface area contributed by atoms with E-state index in [1.807, 2.05) is 13.8 Å². The van der Waals surface area contributed by atoms with Crippen LogP contribution >= 0.6 is 0 Å². The lowest BCUT2D eigenvalue weighted by atomic mass is 9.94. The minimum Gasteiger partial charge on any atom is -0.507 e. The van der Waals surface area contributed by atoms with E-state index in [-0.39, 0.29) is 24.5 Å². The van der Waals surface area contributed by atoms with Crippen molar-refractivity contribution in [3.05, 3.63) is 64.7 Å². The molecule has 1 unspecified atom stereocenters. The molecule has 0 aliphatic carbocycles. The Kier molecular flexibility index (Phi) is 6.97. The molecule has 0 radical (unpaired) electrons. The number of likely N-dealkylation sites (tertiary alicyclic amines) is 1. The zero-order valence-electron chi connectivity index (χ0n) is 18.2. The first-order valence-corrected chi connectivity index (χ1v) is 10.1. The van der Waals surface area contributed by atoms with Crippen molar-refractivity contribution in [3.8, 4) is 11.5 Å². The maximum Gasteiger partial charge on any atom is 0.295 e. The minimum absolute atomic E-state index is 0.0542. The Morgan fingerprint density at radius 2 is 1.74 bits per heavy atom. The molecule has 2 aromatic rings. The van der Waals surface area contributed by atoms with Crippen LogP contribution in [0.15, 0.2) is 48.0 Å². The number of benzene rings is 2. The molecule has 1 fully saturated rings. The van der Waals surface area contributed by atoms with Gasteiger partial charge in [0.2, 0.25) is 0 Å². The maximum atomic E-state index is 13.0. The van der Waals surface area contributed by atoms with Crippen LogP contribution in [0.1, 0.15) is 29.7 Å². The lowest BCUT2D eigenvalue weighted by Crippen LogP contribution is -2.32. The average molecular weight is 425 g/mol. The van der Waals surface area contributed by atoms with Gasteiger partial charge in [0.25, 0.3) is 11.7 Å². The van der Waals surface area contributed by atoms with Gasteiger partial charge in [0.1, 0.15) is 17.3 Å².